The number of hydrogen-bond donors (Lipinski definition) is 1. The van der Waals surface area contributed by atoms with E-state index in [0.29, 0.717) is 6.54 Å². The predicted molar refractivity (Wildman–Crippen MR) is 73.8 cm³/mol. The highest BCUT2D eigenvalue weighted by Crippen LogP contribution is 2.34. The van der Waals surface area contributed by atoms with Crippen LogP contribution in [0.25, 0.3) is 0 Å². The molecule has 0 bridgehead atoms. The molecule has 0 unspecified atom stereocenters. The molecule has 1 spiro atoms. The lowest BCUT2D eigenvalue weighted by Gasteiger charge is -2.22. The topological polar surface area (TPSA) is 52.6 Å². The van der Waals surface area contributed by atoms with E-state index in [1.807, 2.05) is 7.05 Å². The van der Waals surface area contributed by atoms with Gasteiger partial charge in [-0.25, -0.2) is 4.79 Å². The fourth-order valence-electron chi connectivity index (χ4n) is 3.01. The normalized spacial score (nSPS) is 21.7. The molecule has 2 rings (SSSR count). The maximum atomic E-state index is 12.4. The Labute approximate surface area is 115 Å². The predicted octanol–water partition coefficient (Wildman–Crippen LogP) is 1.58. The van der Waals surface area contributed by atoms with Gasteiger partial charge in [0, 0.05) is 13.1 Å². The molecule has 0 aromatic carbocycles. The molecule has 108 valence electrons. The van der Waals surface area contributed by atoms with Gasteiger partial charge in [-0.1, -0.05) is 26.2 Å². The molecular weight excluding hydrogens is 242 g/mol. The zero-order chi connectivity index (χ0) is 13.9. The van der Waals surface area contributed by atoms with Crippen LogP contribution < -0.4 is 5.32 Å². The zero-order valence-corrected chi connectivity index (χ0v) is 12.1. The summed E-state index contributed by atoms with van der Waals surface area (Å²) < 4.78 is 0. The Morgan fingerprint density at radius 2 is 1.95 bits per heavy atom. The van der Waals surface area contributed by atoms with E-state index in [0.717, 1.165) is 51.6 Å². The van der Waals surface area contributed by atoms with E-state index in [1.165, 1.54) is 4.90 Å². The van der Waals surface area contributed by atoms with Crippen molar-refractivity contribution in [2.75, 3.05) is 26.7 Å². The summed E-state index contributed by atoms with van der Waals surface area (Å²) >= 11 is 0. The van der Waals surface area contributed by atoms with Crippen LogP contribution in [-0.4, -0.2) is 54.0 Å². The fraction of sp³-hybridized carbons (Fsp3) is 0.857. The van der Waals surface area contributed by atoms with Crippen molar-refractivity contribution in [3.63, 3.8) is 0 Å². The molecule has 5 heteroatoms. The molecule has 1 N–H and O–H groups in total. The number of carbonyl (C=O) groups is 2. The van der Waals surface area contributed by atoms with E-state index in [9.17, 15) is 9.59 Å². The molecular formula is C14H25N3O2. The Bertz CT molecular complexity index is 351. The summed E-state index contributed by atoms with van der Waals surface area (Å²) in [6.07, 6.45) is 6.00. The average Bonchev–Trinajstić information content (AvgIpc) is 2.93. The van der Waals surface area contributed by atoms with Gasteiger partial charge in [0.05, 0.1) is 0 Å². The highest BCUT2D eigenvalue weighted by molar-refractivity contribution is 6.07. The summed E-state index contributed by atoms with van der Waals surface area (Å²) in [5.41, 5.74) is -0.556. The monoisotopic (exact) mass is 267 g/mol. The SMILES string of the molecule is CCCCN(C)CCN1C(=O)NC2(CCCC2)C1=O. The molecule has 3 amide bonds. The van der Waals surface area contributed by atoms with E-state index in [-0.39, 0.29) is 11.9 Å². The third-order valence-corrected chi connectivity index (χ3v) is 4.30. The van der Waals surface area contributed by atoms with Crippen molar-refractivity contribution < 1.29 is 9.59 Å². The molecule has 0 atom stereocenters. The van der Waals surface area contributed by atoms with Crippen LogP contribution in [-0.2, 0) is 4.79 Å². The molecule has 1 saturated heterocycles. The third kappa shape index (κ3) is 2.91. The molecule has 5 nitrogen and oxygen atoms in total. The molecule has 1 saturated carbocycles. The van der Waals surface area contributed by atoms with E-state index in [4.69, 9.17) is 0 Å². The summed E-state index contributed by atoms with van der Waals surface area (Å²) in [6.45, 7) is 4.45. The maximum Gasteiger partial charge on any atom is 0.325 e. The van der Waals surface area contributed by atoms with Gasteiger partial charge >= 0.3 is 6.03 Å². The molecule has 1 aliphatic carbocycles. The van der Waals surface area contributed by atoms with Crippen molar-refractivity contribution in [3.8, 4) is 0 Å². The van der Waals surface area contributed by atoms with Gasteiger partial charge in [-0.3, -0.25) is 9.69 Å². The van der Waals surface area contributed by atoms with Crippen LogP contribution in [0.3, 0.4) is 0 Å². The number of carbonyl (C=O) groups excluding carboxylic acids is 2. The van der Waals surface area contributed by atoms with Gasteiger partial charge < -0.3 is 10.2 Å². The molecule has 1 aliphatic heterocycles. The van der Waals surface area contributed by atoms with E-state index in [1.54, 1.807) is 0 Å². The Morgan fingerprint density at radius 3 is 2.58 bits per heavy atom. The molecule has 1 heterocycles. The summed E-state index contributed by atoms with van der Waals surface area (Å²) in [5, 5.41) is 2.91. The number of urea groups is 1. The quantitative estimate of drug-likeness (QED) is 0.743. The Balaban J connectivity index is 1.87. The minimum atomic E-state index is -0.556. The van der Waals surface area contributed by atoms with Crippen LogP contribution in [0, 0.1) is 0 Å². The number of likely N-dealkylation sites (N-methyl/N-ethyl adjacent to an activating group) is 1. The number of nitrogens with one attached hydrogen (secondary N) is 1. The highest BCUT2D eigenvalue weighted by Gasteiger charge is 2.52. The first-order chi connectivity index (χ1) is 9.09. The fourth-order valence-corrected chi connectivity index (χ4v) is 3.01. The average molecular weight is 267 g/mol. The molecule has 2 fully saturated rings. The van der Waals surface area contributed by atoms with Crippen molar-refractivity contribution >= 4 is 11.9 Å². The first-order valence-corrected chi connectivity index (χ1v) is 7.42. The van der Waals surface area contributed by atoms with Crippen molar-refractivity contribution in [1.82, 2.24) is 15.1 Å². The van der Waals surface area contributed by atoms with Crippen molar-refractivity contribution in [2.24, 2.45) is 0 Å². The van der Waals surface area contributed by atoms with Gasteiger partial charge in [0.1, 0.15) is 5.54 Å². The minimum Gasteiger partial charge on any atom is -0.323 e. The number of hydrogen-bond acceptors (Lipinski definition) is 3. The lowest BCUT2D eigenvalue weighted by Crippen LogP contribution is -2.44. The summed E-state index contributed by atoms with van der Waals surface area (Å²) in [6, 6.07) is -0.198. The largest absolute Gasteiger partial charge is 0.325 e. The number of amides is 3. The lowest BCUT2D eigenvalue weighted by atomic mass is 9.98. The maximum absolute atomic E-state index is 12.4. The van der Waals surface area contributed by atoms with Gasteiger partial charge in [-0.05, 0) is 32.9 Å². The highest BCUT2D eigenvalue weighted by atomic mass is 16.2. The summed E-state index contributed by atoms with van der Waals surface area (Å²) in [7, 11) is 2.04. The third-order valence-electron chi connectivity index (χ3n) is 4.30. The first kappa shape index (κ1) is 14.3. The van der Waals surface area contributed by atoms with E-state index >= 15 is 0 Å². The van der Waals surface area contributed by atoms with E-state index in [2.05, 4.69) is 17.1 Å². The second-order valence-electron chi connectivity index (χ2n) is 5.83. The standard InChI is InChI=1S/C14H25N3O2/c1-3-4-9-16(2)10-11-17-12(18)14(15-13(17)19)7-5-6-8-14/h3-11H2,1-2H3,(H,15,19). The second kappa shape index (κ2) is 5.90. The van der Waals surface area contributed by atoms with Crippen LogP contribution >= 0.6 is 0 Å². The zero-order valence-electron chi connectivity index (χ0n) is 12.1. The van der Waals surface area contributed by atoms with Crippen LogP contribution in [0.5, 0.6) is 0 Å². The smallest absolute Gasteiger partial charge is 0.323 e. The van der Waals surface area contributed by atoms with Crippen LogP contribution in [0.15, 0.2) is 0 Å². The number of unbranched alkanes of at least 4 members (excludes halogenated alkanes) is 1. The van der Waals surface area contributed by atoms with Gasteiger partial charge in [-0.15, -0.1) is 0 Å². The molecule has 0 aromatic rings. The minimum absolute atomic E-state index is 0.00103. The molecule has 0 radical (unpaired) electrons. The first-order valence-electron chi connectivity index (χ1n) is 7.42. The van der Waals surface area contributed by atoms with Gasteiger partial charge in [0.15, 0.2) is 0 Å². The number of rotatable bonds is 6. The van der Waals surface area contributed by atoms with Gasteiger partial charge in [0.2, 0.25) is 0 Å². The Kier molecular flexibility index (Phi) is 4.45. The van der Waals surface area contributed by atoms with Crippen molar-refractivity contribution in [2.45, 2.75) is 51.0 Å². The second-order valence-corrected chi connectivity index (χ2v) is 5.83. The number of imide groups is 1. The summed E-state index contributed by atoms with van der Waals surface area (Å²) in [4.78, 5) is 27.9. The Hall–Kier alpha value is -1.10. The molecule has 0 aromatic heterocycles. The van der Waals surface area contributed by atoms with Crippen LogP contribution in [0.1, 0.15) is 45.4 Å². The van der Waals surface area contributed by atoms with Crippen LogP contribution in [0.4, 0.5) is 4.79 Å². The van der Waals surface area contributed by atoms with Crippen LogP contribution in [0.2, 0.25) is 0 Å². The van der Waals surface area contributed by atoms with E-state index < -0.39 is 5.54 Å². The van der Waals surface area contributed by atoms with Gasteiger partial charge in [-0.2, -0.15) is 0 Å². The van der Waals surface area contributed by atoms with Gasteiger partial charge in [0.25, 0.3) is 5.91 Å². The molecule has 2 aliphatic rings. The van der Waals surface area contributed by atoms with Crippen molar-refractivity contribution in [3.05, 3.63) is 0 Å². The lowest BCUT2D eigenvalue weighted by molar-refractivity contribution is -0.131. The summed E-state index contributed by atoms with van der Waals surface area (Å²) in [5.74, 6) is -0.00103. The number of nitrogens with zero attached hydrogens (tertiary/aromatic N) is 2. The molecule has 19 heavy (non-hydrogen) atoms. The van der Waals surface area contributed by atoms with Crippen molar-refractivity contribution in [1.29, 1.82) is 0 Å². The Morgan fingerprint density at radius 1 is 1.26 bits per heavy atom.